The molecule has 0 aliphatic carbocycles. The van der Waals surface area contributed by atoms with Gasteiger partial charge in [-0.15, -0.1) is 15.3 Å². The summed E-state index contributed by atoms with van der Waals surface area (Å²) in [5.74, 6) is 2.52. The Morgan fingerprint density at radius 1 is 1.21 bits per heavy atom. The molecule has 0 saturated carbocycles. The van der Waals surface area contributed by atoms with Crippen molar-refractivity contribution in [3.05, 3.63) is 42.1 Å². The third-order valence-corrected chi connectivity index (χ3v) is 4.79. The lowest BCUT2D eigenvalue weighted by atomic mass is 10.1. The highest BCUT2D eigenvalue weighted by molar-refractivity contribution is 5.76. The average Bonchev–Trinajstić information content (AvgIpc) is 3.35. The van der Waals surface area contributed by atoms with Gasteiger partial charge < -0.3 is 14.6 Å². The van der Waals surface area contributed by atoms with Gasteiger partial charge in [0.05, 0.1) is 6.26 Å². The number of amides is 1. The molecule has 3 aromatic heterocycles. The van der Waals surface area contributed by atoms with Crippen LogP contribution in [0.1, 0.15) is 45.2 Å². The maximum Gasteiger partial charge on any atom is 0.220 e. The second-order valence-electron chi connectivity index (χ2n) is 6.84. The highest BCUT2D eigenvalue weighted by Gasteiger charge is 2.13. The standard InChI is InChI=1S/C20H28N6O2/c1-4-25(5-2)19-11-10-17-22-23-18(26(17)24-19)12-13-20(27)21-15(3)8-9-16-7-6-14-28-16/h6-7,10-11,14-15H,4-5,8-9,12-13H2,1-3H3,(H,21,27). The van der Waals surface area contributed by atoms with E-state index >= 15 is 0 Å². The Labute approximate surface area is 164 Å². The number of carbonyl (C=O) groups excluding carboxylic acids is 1. The van der Waals surface area contributed by atoms with Gasteiger partial charge in [0.2, 0.25) is 5.91 Å². The summed E-state index contributed by atoms with van der Waals surface area (Å²) < 4.78 is 7.07. The van der Waals surface area contributed by atoms with Gasteiger partial charge in [-0.25, -0.2) is 0 Å². The van der Waals surface area contributed by atoms with Gasteiger partial charge >= 0.3 is 0 Å². The fourth-order valence-corrected chi connectivity index (χ4v) is 3.15. The molecule has 0 aliphatic heterocycles. The van der Waals surface area contributed by atoms with Crippen molar-refractivity contribution < 1.29 is 9.21 Å². The van der Waals surface area contributed by atoms with Crippen LogP contribution in [0.25, 0.3) is 5.65 Å². The van der Waals surface area contributed by atoms with Crippen LogP contribution in [0, 0.1) is 0 Å². The first kappa shape index (κ1) is 19.9. The average molecular weight is 384 g/mol. The largest absolute Gasteiger partial charge is 0.469 e. The van der Waals surface area contributed by atoms with Gasteiger partial charge in [-0.2, -0.15) is 4.52 Å². The van der Waals surface area contributed by atoms with Gasteiger partial charge in [0.25, 0.3) is 0 Å². The molecule has 1 N–H and O–H groups in total. The van der Waals surface area contributed by atoms with Crippen molar-refractivity contribution in [1.29, 1.82) is 0 Å². The van der Waals surface area contributed by atoms with Crippen molar-refractivity contribution in [2.45, 2.75) is 52.5 Å². The molecular weight excluding hydrogens is 356 g/mol. The second-order valence-corrected chi connectivity index (χ2v) is 6.84. The number of hydrogen-bond acceptors (Lipinski definition) is 6. The topological polar surface area (TPSA) is 88.6 Å². The van der Waals surface area contributed by atoms with Crippen molar-refractivity contribution >= 4 is 17.4 Å². The molecule has 0 aromatic carbocycles. The molecule has 3 rings (SSSR count). The quantitative estimate of drug-likeness (QED) is 0.578. The van der Waals surface area contributed by atoms with E-state index in [-0.39, 0.29) is 11.9 Å². The number of fused-ring (bicyclic) bond motifs is 1. The maximum absolute atomic E-state index is 12.3. The molecule has 0 fully saturated rings. The first-order valence-corrected chi connectivity index (χ1v) is 9.88. The van der Waals surface area contributed by atoms with Crippen molar-refractivity contribution in [3.63, 3.8) is 0 Å². The first-order chi connectivity index (χ1) is 13.6. The minimum Gasteiger partial charge on any atom is -0.469 e. The summed E-state index contributed by atoms with van der Waals surface area (Å²) in [7, 11) is 0. The molecule has 1 atom stereocenters. The molecule has 0 spiro atoms. The van der Waals surface area contributed by atoms with Gasteiger partial charge in [0.1, 0.15) is 11.6 Å². The number of nitrogens with one attached hydrogen (secondary N) is 1. The zero-order valence-electron chi connectivity index (χ0n) is 16.8. The number of aryl methyl sites for hydroxylation is 2. The molecule has 1 unspecified atom stereocenters. The van der Waals surface area contributed by atoms with Crippen LogP contribution in [0.5, 0.6) is 0 Å². The molecule has 8 heteroatoms. The van der Waals surface area contributed by atoms with Crippen LogP contribution in [-0.4, -0.2) is 44.8 Å². The minimum absolute atomic E-state index is 0.00333. The number of aromatic nitrogens is 4. The minimum atomic E-state index is 0.00333. The summed E-state index contributed by atoms with van der Waals surface area (Å²) in [6.07, 6.45) is 4.15. The fourth-order valence-electron chi connectivity index (χ4n) is 3.15. The SMILES string of the molecule is CCN(CC)c1ccc2nnc(CCC(=O)NC(C)CCc3ccco3)n2n1. The van der Waals surface area contributed by atoms with E-state index in [2.05, 4.69) is 39.4 Å². The predicted molar refractivity (Wildman–Crippen MR) is 107 cm³/mol. The fraction of sp³-hybridized carbons (Fsp3) is 0.500. The van der Waals surface area contributed by atoms with Gasteiger partial charge in [0.15, 0.2) is 11.5 Å². The molecule has 0 aliphatic rings. The summed E-state index contributed by atoms with van der Waals surface area (Å²) in [6, 6.07) is 7.77. The number of furan rings is 1. The molecule has 1 amide bonds. The van der Waals surface area contributed by atoms with E-state index in [4.69, 9.17) is 4.42 Å². The monoisotopic (exact) mass is 384 g/mol. The number of nitrogens with zero attached hydrogens (tertiary/aromatic N) is 5. The zero-order valence-corrected chi connectivity index (χ0v) is 16.8. The Bertz CT molecular complexity index is 885. The molecule has 0 bridgehead atoms. The van der Waals surface area contributed by atoms with Crippen LogP contribution in [0.4, 0.5) is 5.82 Å². The van der Waals surface area contributed by atoms with Crippen LogP contribution >= 0.6 is 0 Å². The normalized spacial score (nSPS) is 12.2. The van der Waals surface area contributed by atoms with Gasteiger partial charge in [0, 0.05) is 38.4 Å². The van der Waals surface area contributed by atoms with E-state index in [1.165, 1.54) is 0 Å². The smallest absolute Gasteiger partial charge is 0.220 e. The maximum atomic E-state index is 12.3. The van der Waals surface area contributed by atoms with Crippen LogP contribution in [0.2, 0.25) is 0 Å². The lowest BCUT2D eigenvalue weighted by Gasteiger charge is -2.19. The molecule has 0 saturated heterocycles. The Morgan fingerprint density at radius 2 is 2.04 bits per heavy atom. The van der Waals surface area contributed by atoms with Crippen LogP contribution < -0.4 is 10.2 Å². The lowest BCUT2D eigenvalue weighted by Crippen LogP contribution is -2.33. The van der Waals surface area contributed by atoms with Crippen molar-refractivity contribution in [2.75, 3.05) is 18.0 Å². The Kier molecular flexibility index (Phi) is 6.62. The van der Waals surface area contributed by atoms with Crippen molar-refractivity contribution in [3.8, 4) is 0 Å². The molecule has 28 heavy (non-hydrogen) atoms. The number of anilines is 1. The summed E-state index contributed by atoms with van der Waals surface area (Å²) >= 11 is 0. The molecule has 3 heterocycles. The first-order valence-electron chi connectivity index (χ1n) is 9.88. The van der Waals surface area contributed by atoms with Gasteiger partial charge in [-0.1, -0.05) is 0 Å². The highest BCUT2D eigenvalue weighted by Crippen LogP contribution is 2.13. The second kappa shape index (κ2) is 9.34. The van der Waals surface area contributed by atoms with E-state index < -0.39 is 0 Å². The highest BCUT2D eigenvalue weighted by atomic mass is 16.3. The molecule has 8 nitrogen and oxygen atoms in total. The van der Waals surface area contributed by atoms with E-state index in [0.717, 1.165) is 37.5 Å². The third-order valence-electron chi connectivity index (χ3n) is 4.79. The molecule has 0 radical (unpaired) electrons. The Balaban J connectivity index is 1.55. The van der Waals surface area contributed by atoms with E-state index in [0.29, 0.717) is 24.3 Å². The number of hydrogen-bond donors (Lipinski definition) is 1. The summed E-state index contributed by atoms with van der Waals surface area (Å²) in [5.41, 5.74) is 0.693. The van der Waals surface area contributed by atoms with E-state index in [1.807, 2.05) is 31.2 Å². The van der Waals surface area contributed by atoms with Crippen molar-refractivity contribution in [1.82, 2.24) is 25.1 Å². The van der Waals surface area contributed by atoms with Crippen LogP contribution in [0.3, 0.4) is 0 Å². The molecular formula is C20H28N6O2. The summed E-state index contributed by atoms with van der Waals surface area (Å²) in [4.78, 5) is 14.5. The Morgan fingerprint density at radius 3 is 2.75 bits per heavy atom. The van der Waals surface area contributed by atoms with Crippen molar-refractivity contribution in [2.24, 2.45) is 0 Å². The number of carbonyl (C=O) groups is 1. The van der Waals surface area contributed by atoms with Crippen LogP contribution in [0.15, 0.2) is 34.9 Å². The Hall–Kier alpha value is -2.90. The van der Waals surface area contributed by atoms with Gasteiger partial charge in [-0.05, 0) is 51.5 Å². The summed E-state index contributed by atoms with van der Waals surface area (Å²) in [5, 5.41) is 16.0. The van der Waals surface area contributed by atoms with E-state index in [9.17, 15) is 4.79 Å². The van der Waals surface area contributed by atoms with Gasteiger partial charge in [-0.3, -0.25) is 4.79 Å². The lowest BCUT2D eigenvalue weighted by molar-refractivity contribution is -0.121. The molecule has 150 valence electrons. The number of rotatable bonds is 10. The summed E-state index contributed by atoms with van der Waals surface area (Å²) in [6.45, 7) is 7.96. The third kappa shape index (κ3) is 4.88. The van der Waals surface area contributed by atoms with Crippen LogP contribution in [-0.2, 0) is 17.6 Å². The predicted octanol–water partition coefficient (Wildman–Crippen LogP) is 2.63. The zero-order chi connectivity index (χ0) is 19.9. The van der Waals surface area contributed by atoms with E-state index in [1.54, 1.807) is 10.8 Å². The molecule has 3 aromatic rings.